The van der Waals surface area contributed by atoms with E-state index >= 15 is 0 Å². The molecule has 1 rings (SSSR count). The highest BCUT2D eigenvalue weighted by atomic mass is 15.0. The van der Waals surface area contributed by atoms with Gasteiger partial charge in [0, 0.05) is 11.7 Å². The predicted molar refractivity (Wildman–Crippen MR) is 61.5 cm³/mol. The van der Waals surface area contributed by atoms with Crippen LogP contribution in [0.4, 0.5) is 5.82 Å². The molecule has 0 fully saturated rings. The van der Waals surface area contributed by atoms with Crippen molar-refractivity contribution < 1.29 is 0 Å². The van der Waals surface area contributed by atoms with Crippen molar-refractivity contribution in [3.8, 4) is 0 Å². The Labute approximate surface area is 86.1 Å². The van der Waals surface area contributed by atoms with E-state index in [-0.39, 0.29) is 0 Å². The van der Waals surface area contributed by atoms with Crippen molar-refractivity contribution in [3.63, 3.8) is 0 Å². The summed E-state index contributed by atoms with van der Waals surface area (Å²) >= 11 is 0. The van der Waals surface area contributed by atoms with Gasteiger partial charge in [0.05, 0.1) is 0 Å². The summed E-state index contributed by atoms with van der Waals surface area (Å²) in [5, 5.41) is 3.36. The van der Waals surface area contributed by atoms with E-state index in [0.717, 1.165) is 17.9 Å². The van der Waals surface area contributed by atoms with Gasteiger partial charge in [0.25, 0.3) is 0 Å². The normalized spacial score (nSPS) is 13.1. The fourth-order valence-corrected chi connectivity index (χ4v) is 1.28. The topological polar surface area (TPSA) is 24.9 Å². The van der Waals surface area contributed by atoms with E-state index in [2.05, 4.69) is 29.4 Å². The van der Waals surface area contributed by atoms with Crippen molar-refractivity contribution in [2.24, 2.45) is 0 Å². The third-order valence-electron chi connectivity index (χ3n) is 2.01. The van der Waals surface area contributed by atoms with Gasteiger partial charge in [0.2, 0.25) is 0 Å². The molecule has 0 aliphatic heterocycles. The first-order chi connectivity index (χ1) is 6.72. The SMILES string of the molecule is C/C=C/C[C@H](C)Nc1cccc(C)n1. The van der Waals surface area contributed by atoms with Crippen molar-refractivity contribution in [2.75, 3.05) is 5.32 Å². The standard InChI is InChI=1S/C12H18N2/c1-4-5-7-10(2)13-12-9-6-8-11(3)14-12/h4-6,8-10H,7H2,1-3H3,(H,13,14)/b5-4+/t10-/m0/s1. The molecule has 0 aromatic carbocycles. The zero-order valence-electron chi connectivity index (χ0n) is 9.12. The third kappa shape index (κ3) is 3.60. The molecule has 2 nitrogen and oxygen atoms in total. The van der Waals surface area contributed by atoms with E-state index in [1.54, 1.807) is 0 Å². The molecule has 1 heterocycles. The summed E-state index contributed by atoms with van der Waals surface area (Å²) in [6, 6.07) is 6.45. The van der Waals surface area contributed by atoms with E-state index < -0.39 is 0 Å². The van der Waals surface area contributed by atoms with Crippen LogP contribution in [0, 0.1) is 6.92 Å². The number of aromatic nitrogens is 1. The predicted octanol–water partition coefficient (Wildman–Crippen LogP) is 3.16. The first-order valence-corrected chi connectivity index (χ1v) is 5.03. The Kier molecular flexibility index (Phi) is 4.17. The number of rotatable bonds is 4. The maximum absolute atomic E-state index is 4.39. The van der Waals surface area contributed by atoms with Crippen LogP contribution in [0.5, 0.6) is 0 Å². The van der Waals surface area contributed by atoms with Gasteiger partial charge in [0.15, 0.2) is 0 Å². The number of anilines is 1. The van der Waals surface area contributed by atoms with Crippen LogP contribution in [0.3, 0.4) is 0 Å². The van der Waals surface area contributed by atoms with Gasteiger partial charge in [-0.3, -0.25) is 0 Å². The minimum atomic E-state index is 0.431. The van der Waals surface area contributed by atoms with Gasteiger partial charge in [0.1, 0.15) is 5.82 Å². The van der Waals surface area contributed by atoms with Crippen molar-refractivity contribution in [1.29, 1.82) is 0 Å². The second-order valence-electron chi connectivity index (χ2n) is 3.51. The summed E-state index contributed by atoms with van der Waals surface area (Å²) in [4.78, 5) is 4.39. The highest BCUT2D eigenvalue weighted by Gasteiger charge is 1.99. The van der Waals surface area contributed by atoms with Gasteiger partial charge in [-0.05, 0) is 39.3 Å². The molecule has 0 unspecified atom stereocenters. The molecule has 0 amide bonds. The highest BCUT2D eigenvalue weighted by Crippen LogP contribution is 2.07. The quantitative estimate of drug-likeness (QED) is 0.738. The van der Waals surface area contributed by atoms with Gasteiger partial charge in [-0.25, -0.2) is 4.98 Å². The molecule has 1 aromatic heterocycles. The molecule has 1 aromatic rings. The van der Waals surface area contributed by atoms with E-state index in [0.29, 0.717) is 6.04 Å². The van der Waals surface area contributed by atoms with Crippen molar-refractivity contribution >= 4 is 5.82 Å². The molecule has 0 saturated heterocycles. The van der Waals surface area contributed by atoms with Crippen LogP contribution in [-0.4, -0.2) is 11.0 Å². The Morgan fingerprint density at radius 3 is 2.93 bits per heavy atom. The molecule has 14 heavy (non-hydrogen) atoms. The van der Waals surface area contributed by atoms with Crippen molar-refractivity contribution in [3.05, 3.63) is 36.0 Å². The zero-order valence-corrected chi connectivity index (χ0v) is 9.12. The summed E-state index contributed by atoms with van der Waals surface area (Å²) in [6.07, 6.45) is 5.27. The van der Waals surface area contributed by atoms with E-state index in [1.807, 2.05) is 32.0 Å². The van der Waals surface area contributed by atoms with Gasteiger partial charge >= 0.3 is 0 Å². The fraction of sp³-hybridized carbons (Fsp3) is 0.417. The summed E-state index contributed by atoms with van der Waals surface area (Å²) in [7, 11) is 0. The number of aryl methyl sites for hydroxylation is 1. The first kappa shape index (κ1) is 10.8. The lowest BCUT2D eigenvalue weighted by molar-refractivity contribution is 0.804. The lowest BCUT2D eigenvalue weighted by Crippen LogP contribution is -2.14. The monoisotopic (exact) mass is 190 g/mol. The molecular weight excluding hydrogens is 172 g/mol. The maximum atomic E-state index is 4.39. The third-order valence-corrected chi connectivity index (χ3v) is 2.01. The van der Waals surface area contributed by atoms with Gasteiger partial charge in [-0.1, -0.05) is 18.2 Å². The summed E-state index contributed by atoms with van der Waals surface area (Å²) in [6.45, 7) is 6.20. The van der Waals surface area contributed by atoms with Crippen LogP contribution in [0.15, 0.2) is 30.4 Å². The summed E-state index contributed by atoms with van der Waals surface area (Å²) < 4.78 is 0. The average molecular weight is 190 g/mol. The molecule has 1 atom stereocenters. The average Bonchev–Trinajstić information content (AvgIpc) is 2.15. The highest BCUT2D eigenvalue weighted by molar-refractivity contribution is 5.36. The van der Waals surface area contributed by atoms with Crippen LogP contribution in [-0.2, 0) is 0 Å². The molecule has 0 spiro atoms. The Bertz CT molecular complexity index is 305. The largest absolute Gasteiger partial charge is 0.367 e. The van der Waals surface area contributed by atoms with Gasteiger partial charge < -0.3 is 5.32 Å². The molecule has 0 aliphatic rings. The van der Waals surface area contributed by atoms with Crippen LogP contribution in [0.2, 0.25) is 0 Å². The Hall–Kier alpha value is -1.31. The van der Waals surface area contributed by atoms with Crippen LogP contribution >= 0.6 is 0 Å². The number of nitrogens with zero attached hydrogens (tertiary/aromatic N) is 1. The zero-order chi connectivity index (χ0) is 10.4. The Morgan fingerprint density at radius 1 is 1.50 bits per heavy atom. The lowest BCUT2D eigenvalue weighted by Gasteiger charge is -2.12. The summed E-state index contributed by atoms with van der Waals surface area (Å²) in [5.41, 5.74) is 1.05. The molecule has 0 saturated carbocycles. The second kappa shape index (κ2) is 5.43. The van der Waals surface area contributed by atoms with E-state index in [4.69, 9.17) is 0 Å². The Balaban J connectivity index is 2.51. The maximum Gasteiger partial charge on any atom is 0.126 e. The molecular formula is C12H18N2. The smallest absolute Gasteiger partial charge is 0.126 e. The number of nitrogens with one attached hydrogen (secondary N) is 1. The number of pyridine rings is 1. The van der Waals surface area contributed by atoms with Crippen molar-refractivity contribution in [1.82, 2.24) is 4.98 Å². The van der Waals surface area contributed by atoms with Crippen LogP contribution < -0.4 is 5.32 Å². The van der Waals surface area contributed by atoms with Crippen LogP contribution in [0.1, 0.15) is 26.0 Å². The Morgan fingerprint density at radius 2 is 2.29 bits per heavy atom. The molecule has 2 heteroatoms. The molecule has 0 radical (unpaired) electrons. The first-order valence-electron chi connectivity index (χ1n) is 5.03. The number of hydrogen-bond acceptors (Lipinski definition) is 2. The minimum absolute atomic E-state index is 0.431. The molecule has 0 bridgehead atoms. The molecule has 1 N–H and O–H groups in total. The van der Waals surface area contributed by atoms with Gasteiger partial charge in [-0.15, -0.1) is 0 Å². The number of hydrogen-bond donors (Lipinski definition) is 1. The van der Waals surface area contributed by atoms with Crippen molar-refractivity contribution in [2.45, 2.75) is 33.2 Å². The molecule has 76 valence electrons. The lowest BCUT2D eigenvalue weighted by atomic mass is 10.2. The van der Waals surface area contributed by atoms with E-state index in [1.165, 1.54) is 0 Å². The minimum Gasteiger partial charge on any atom is -0.367 e. The second-order valence-corrected chi connectivity index (χ2v) is 3.51. The van der Waals surface area contributed by atoms with Crippen LogP contribution in [0.25, 0.3) is 0 Å². The fourth-order valence-electron chi connectivity index (χ4n) is 1.28. The summed E-state index contributed by atoms with van der Waals surface area (Å²) in [5.74, 6) is 0.960. The number of allylic oxidation sites excluding steroid dienone is 1. The van der Waals surface area contributed by atoms with E-state index in [9.17, 15) is 0 Å². The molecule has 0 aliphatic carbocycles. The van der Waals surface area contributed by atoms with Gasteiger partial charge in [-0.2, -0.15) is 0 Å².